The molecule has 6 nitrogen and oxygen atoms in total. The molecule has 30 heavy (non-hydrogen) atoms. The fourth-order valence-corrected chi connectivity index (χ4v) is 4.76. The Bertz CT molecular complexity index is 573. The average molecular weight is 425 g/mol. The largest absolute Gasteiger partial charge is 0.460 e. The predicted octanol–water partition coefficient (Wildman–Crippen LogP) is 4.24. The zero-order valence-electron chi connectivity index (χ0n) is 19.2. The van der Waals surface area contributed by atoms with Gasteiger partial charge in [-0.3, -0.25) is 4.79 Å². The zero-order valence-corrected chi connectivity index (χ0v) is 19.2. The second-order valence-corrected chi connectivity index (χ2v) is 10.5. The van der Waals surface area contributed by atoms with E-state index in [4.69, 9.17) is 23.7 Å². The number of carbonyl (C=O) groups excluding carboxylic acids is 1. The van der Waals surface area contributed by atoms with Crippen LogP contribution in [0.15, 0.2) is 0 Å². The first-order valence-corrected chi connectivity index (χ1v) is 12.1. The molecule has 4 aliphatic rings. The minimum Gasteiger partial charge on any atom is -0.460 e. The van der Waals surface area contributed by atoms with Crippen LogP contribution in [-0.4, -0.2) is 56.0 Å². The fraction of sp³-hybridized carbons (Fsp3) is 0.958. The SMILES string of the molecule is CCC(COC(=O)C(C)(C)CC)(OCC1CCC2OC2C1)OCC1CCC2OC2C1. The molecule has 2 saturated heterocycles. The molecule has 0 amide bonds. The number of hydrogen-bond acceptors (Lipinski definition) is 6. The van der Waals surface area contributed by atoms with Crippen LogP contribution in [0.5, 0.6) is 0 Å². The summed E-state index contributed by atoms with van der Waals surface area (Å²) in [6.07, 6.45) is 9.88. The molecule has 2 heterocycles. The summed E-state index contributed by atoms with van der Waals surface area (Å²) in [6, 6.07) is 0. The summed E-state index contributed by atoms with van der Waals surface area (Å²) in [5.41, 5.74) is -0.497. The van der Waals surface area contributed by atoms with Gasteiger partial charge in [-0.1, -0.05) is 13.8 Å². The second-order valence-electron chi connectivity index (χ2n) is 10.5. The molecule has 2 saturated carbocycles. The molecule has 0 spiro atoms. The van der Waals surface area contributed by atoms with Gasteiger partial charge in [0.15, 0.2) is 0 Å². The van der Waals surface area contributed by atoms with E-state index in [9.17, 15) is 4.79 Å². The number of esters is 1. The van der Waals surface area contributed by atoms with E-state index in [2.05, 4.69) is 6.92 Å². The Kier molecular flexibility index (Phi) is 6.79. The molecule has 0 aromatic rings. The van der Waals surface area contributed by atoms with E-state index in [1.165, 1.54) is 0 Å². The van der Waals surface area contributed by atoms with Gasteiger partial charge >= 0.3 is 5.97 Å². The van der Waals surface area contributed by atoms with Crippen LogP contribution in [0, 0.1) is 17.3 Å². The van der Waals surface area contributed by atoms with Crippen molar-refractivity contribution < 1.29 is 28.5 Å². The molecule has 6 heteroatoms. The van der Waals surface area contributed by atoms with Crippen LogP contribution in [0.4, 0.5) is 0 Å². The molecule has 172 valence electrons. The lowest BCUT2D eigenvalue weighted by molar-refractivity contribution is -0.271. The van der Waals surface area contributed by atoms with Gasteiger partial charge in [-0.25, -0.2) is 0 Å². The number of ether oxygens (including phenoxy) is 5. The summed E-state index contributed by atoms with van der Waals surface area (Å²) in [6.45, 7) is 9.33. The third-order valence-electron chi connectivity index (χ3n) is 7.79. The molecule has 0 radical (unpaired) electrons. The van der Waals surface area contributed by atoms with Crippen molar-refractivity contribution in [3.8, 4) is 0 Å². The molecule has 6 atom stereocenters. The van der Waals surface area contributed by atoms with E-state index in [1.54, 1.807) is 0 Å². The molecular weight excluding hydrogens is 384 g/mol. The Balaban J connectivity index is 1.34. The van der Waals surface area contributed by atoms with Gasteiger partial charge in [-0.2, -0.15) is 0 Å². The highest BCUT2D eigenvalue weighted by Crippen LogP contribution is 2.41. The highest BCUT2D eigenvalue weighted by atomic mass is 16.7. The molecule has 0 aromatic heterocycles. The van der Waals surface area contributed by atoms with Crippen LogP contribution < -0.4 is 0 Å². The van der Waals surface area contributed by atoms with Gasteiger partial charge in [-0.05, 0) is 70.6 Å². The van der Waals surface area contributed by atoms with Gasteiger partial charge in [0.25, 0.3) is 0 Å². The third-order valence-corrected chi connectivity index (χ3v) is 7.79. The van der Waals surface area contributed by atoms with Crippen molar-refractivity contribution in [3.63, 3.8) is 0 Å². The fourth-order valence-electron chi connectivity index (χ4n) is 4.76. The molecule has 2 aliphatic heterocycles. The number of epoxide rings is 2. The number of hydrogen-bond donors (Lipinski definition) is 0. The van der Waals surface area contributed by atoms with E-state index < -0.39 is 11.2 Å². The number of carbonyl (C=O) groups is 1. The molecule has 4 fully saturated rings. The average Bonchev–Trinajstić information content (AvgIpc) is 3.67. The first-order valence-electron chi connectivity index (χ1n) is 12.1. The highest BCUT2D eigenvalue weighted by Gasteiger charge is 2.46. The molecule has 2 aliphatic carbocycles. The van der Waals surface area contributed by atoms with Crippen molar-refractivity contribution in [2.75, 3.05) is 19.8 Å². The second kappa shape index (κ2) is 9.05. The van der Waals surface area contributed by atoms with E-state index in [-0.39, 0.29) is 12.6 Å². The van der Waals surface area contributed by atoms with Crippen molar-refractivity contribution in [1.82, 2.24) is 0 Å². The standard InChI is InChI=1S/C24H40O6/c1-5-23(3,4)22(25)26-15-24(6-2,27-13-16-7-9-18-20(11-16)29-18)28-14-17-8-10-19-21(12-17)30-19/h16-21H,5-15H2,1-4H3. The van der Waals surface area contributed by atoms with Crippen molar-refractivity contribution in [3.05, 3.63) is 0 Å². The quantitative estimate of drug-likeness (QED) is 0.281. The van der Waals surface area contributed by atoms with Gasteiger partial charge in [0, 0.05) is 6.42 Å². The van der Waals surface area contributed by atoms with E-state index in [0.717, 1.165) is 44.9 Å². The molecule has 0 N–H and O–H groups in total. The number of fused-ring (bicyclic) bond motifs is 2. The lowest BCUT2D eigenvalue weighted by Gasteiger charge is -2.36. The van der Waals surface area contributed by atoms with Crippen LogP contribution in [0.3, 0.4) is 0 Å². The molecule has 0 bridgehead atoms. The van der Waals surface area contributed by atoms with Gasteiger partial charge in [-0.15, -0.1) is 0 Å². The summed E-state index contributed by atoms with van der Waals surface area (Å²) >= 11 is 0. The maximum atomic E-state index is 12.6. The maximum Gasteiger partial charge on any atom is 0.311 e. The Morgan fingerprint density at radius 1 is 0.833 bits per heavy atom. The lowest BCUT2D eigenvalue weighted by Crippen LogP contribution is -2.45. The lowest BCUT2D eigenvalue weighted by atomic mass is 9.89. The van der Waals surface area contributed by atoms with Crippen molar-refractivity contribution in [1.29, 1.82) is 0 Å². The Hall–Kier alpha value is -0.690. The number of rotatable bonds is 11. The molecular formula is C24H40O6. The van der Waals surface area contributed by atoms with E-state index in [1.807, 2.05) is 20.8 Å². The molecule has 6 unspecified atom stereocenters. The summed E-state index contributed by atoms with van der Waals surface area (Å²) < 4.78 is 29.9. The van der Waals surface area contributed by atoms with Crippen LogP contribution >= 0.6 is 0 Å². The minimum atomic E-state index is -0.873. The monoisotopic (exact) mass is 424 g/mol. The Morgan fingerprint density at radius 2 is 1.37 bits per heavy atom. The molecule has 0 aromatic carbocycles. The Morgan fingerprint density at radius 3 is 1.80 bits per heavy atom. The van der Waals surface area contributed by atoms with Crippen LogP contribution in [-0.2, 0) is 28.5 Å². The maximum absolute atomic E-state index is 12.6. The predicted molar refractivity (Wildman–Crippen MR) is 112 cm³/mol. The molecule has 4 rings (SSSR count). The third kappa shape index (κ3) is 5.37. The summed E-state index contributed by atoms with van der Waals surface area (Å²) in [4.78, 5) is 12.6. The summed E-state index contributed by atoms with van der Waals surface area (Å²) in [5, 5.41) is 0. The van der Waals surface area contributed by atoms with Crippen molar-refractivity contribution >= 4 is 5.97 Å². The minimum absolute atomic E-state index is 0.149. The van der Waals surface area contributed by atoms with E-state index in [0.29, 0.717) is 55.9 Å². The summed E-state index contributed by atoms with van der Waals surface area (Å²) in [7, 11) is 0. The van der Waals surface area contributed by atoms with Gasteiger partial charge in [0.2, 0.25) is 5.79 Å². The van der Waals surface area contributed by atoms with Gasteiger partial charge < -0.3 is 23.7 Å². The van der Waals surface area contributed by atoms with Crippen LogP contribution in [0.25, 0.3) is 0 Å². The van der Waals surface area contributed by atoms with Gasteiger partial charge in [0.05, 0.1) is 43.0 Å². The highest BCUT2D eigenvalue weighted by molar-refractivity contribution is 5.75. The van der Waals surface area contributed by atoms with Gasteiger partial charge in [0.1, 0.15) is 6.61 Å². The van der Waals surface area contributed by atoms with Crippen molar-refractivity contribution in [2.45, 2.75) is 109 Å². The van der Waals surface area contributed by atoms with E-state index >= 15 is 0 Å². The normalized spacial score (nSPS) is 36.9. The first kappa shape index (κ1) is 22.5. The smallest absolute Gasteiger partial charge is 0.311 e. The first-order chi connectivity index (χ1) is 14.3. The Labute approximate surface area is 181 Å². The summed E-state index contributed by atoms with van der Waals surface area (Å²) in [5.74, 6) is -0.0846. The van der Waals surface area contributed by atoms with Crippen LogP contribution in [0.1, 0.15) is 79.1 Å². The van der Waals surface area contributed by atoms with Crippen molar-refractivity contribution in [2.24, 2.45) is 17.3 Å². The topological polar surface area (TPSA) is 69.8 Å². The van der Waals surface area contributed by atoms with Crippen LogP contribution in [0.2, 0.25) is 0 Å². The zero-order chi connectivity index (χ0) is 21.4.